The van der Waals surface area contributed by atoms with Gasteiger partial charge in [-0.15, -0.1) is 0 Å². The fourth-order valence-electron chi connectivity index (χ4n) is 3.58. The minimum absolute atomic E-state index is 0.0294. The Hall–Kier alpha value is -3.48. The van der Waals surface area contributed by atoms with Gasteiger partial charge in [-0.2, -0.15) is 10.2 Å². The van der Waals surface area contributed by atoms with E-state index in [4.69, 9.17) is 0 Å². The minimum Gasteiger partial charge on any atom is -0.349 e. The number of carbonyl (C=O) groups is 1. The smallest absolute Gasteiger partial charge is 0.251 e. The highest BCUT2D eigenvalue weighted by atomic mass is 16.1. The Balaban J connectivity index is 1.49. The summed E-state index contributed by atoms with van der Waals surface area (Å²) in [4.78, 5) is 17.1. The number of aromatic nitrogens is 5. The van der Waals surface area contributed by atoms with Crippen LogP contribution in [0.15, 0.2) is 42.5 Å². The average molecular weight is 400 g/mol. The predicted octanol–water partition coefficient (Wildman–Crippen LogP) is 4.11. The second kappa shape index (κ2) is 7.40. The molecule has 0 radical (unpaired) electrons. The molecule has 7 nitrogen and oxygen atoms in total. The van der Waals surface area contributed by atoms with Gasteiger partial charge in [0, 0.05) is 34.5 Å². The lowest BCUT2D eigenvalue weighted by Crippen LogP contribution is -2.25. The molecule has 0 atom stereocenters. The molecule has 0 spiro atoms. The number of aromatic amines is 2. The maximum Gasteiger partial charge on any atom is 0.251 e. The third-order valence-electron chi connectivity index (χ3n) is 5.27. The van der Waals surface area contributed by atoms with Gasteiger partial charge in [0.15, 0.2) is 5.82 Å². The van der Waals surface area contributed by atoms with Crippen LogP contribution >= 0.6 is 0 Å². The van der Waals surface area contributed by atoms with Gasteiger partial charge in [0.05, 0.1) is 11.2 Å². The molecule has 152 valence electrons. The van der Waals surface area contributed by atoms with E-state index in [0.717, 1.165) is 52.8 Å². The molecule has 1 aliphatic rings. The Morgan fingerprint density at radius 1 is 1.10 bits per heavy atom. The van der Waals surface area contributed by atoms with Crippen LogP contribution in [0.3, 0.4) is 0 Å². The van der Waals surface area contributed by atoms with Gasteiger partial charge in [0.25, 0.3) is 5.91 Å². The summed E-state index contributed by atoms with van der Waals surface area (Å²) in [5, 5.41) is 19.0. The lowest BCUT2D eigenvalue weighted by atomic mass is 10.0. The molecule has 1 aliphatic carbocycles. The molecule has 7 heteroatoms. The molecule has 4 aromatic rings. The first-order valence-electron chi connectivity index (χ1n) is 10.4. The van der Waals surface area contributed by atoms with Crippen molar-refractivity contribution in [2.75, 3.05) is 0 Å². The quantitative estimate of drug-likeness (QED) is 0.454. The first kappa shape index (κ1) is 18.5. The van der Waals surface area contributed by atoms with Crippen LogP contribution in [0.1, 0.15) is 42.9 Å². The Morgan fingerprint density at radius 3 is 2.77 bits per heavy atom. The van der Waals surface area contributed by atoms with Crippen LogP contribution in [0.5, 0.6) is 0 Å². The van der Waals surface area contributed by atoms with Crippen molar-refractivity contribution < 1.29 is 4.79 Å². The average Bonchev–Trinajstić information content (AvgIpc) is 3.26. The molecule has 0 unspecified atom stereocenters. The van der Waals surface area contributed by atoms with Gasteiger partial charge in [-0.3, -0.25) is 15.0 Å². The number of nitrogens with one attached hydrogen (secondary N) is 3. The maximum atomic E-state index is 12.4. The van der Waals surface area contributed by atoms with E-state index < -0.39 is 0 Å². The van der Waals surface area contributed by atoms with Gasteiger partial charge in [0.2, 0.25) is 0 Å². The monoisotopic (exact) mass is 400 g/mol. The van der Waals surface area contributed by atoms with Crippen LogP contribution in [-0.2, 0) is 6.42 Å². The van der Waals surface area contributed by atoms with Crippen molar-refractivity contribution in [3.63, 3.8) is 0 Å². The molecule has 0 aliphatic heterocycles. The summed E-state index contributed by atoms with van der Waals surface area (Å²) in [5.41, 5.74) is 4.22. The van der Waals surface area contributed by atoms with E-state index in [1.807, 2.05) is 42.5 Å². The lowest BCUT2D eigenvalue weighted by Gasteiger charge is -2.05. The Bertz CT molecular complexity index is 1220. The molecule has 30 heavy (non-hydrogen) atoms. The number of nitrogens with zero attached hydrogens (tertiary/aromatic N) is 3. The highest BCUT2D eigenvalue weighted by Crippen LogP contribution is 2.30. The molecule has 0 saturated heterocycles. The van der Waals surface area contributed by atoms with Gasteiger partial charge in [0.1, 0.15) is 5.82 Å². The van der Waals surface area contributed by atoms with E-state index in [0.29, 0.717) is 23.3 Å². The van der Waals surface area contributed by atoms with Crippen LogP contribution in [0, 0.1) is 5.92 Å². The molecule has 5 rings (SSSR count). The minimum atomic E-state index is -0.0294. The van der Waals surface area contributed by atoms with E-state index in [2.05, 4.69) is 44.5 Å². The third-order valence-corrected chi connectivity index (χ3v) is 5.27. The summed E-state index contributed by atoms with van der Waals surface area (Å²) in [6.45, 7) is 4.32. The van der Waals surface area contributed by atoms with Gasteiger partial charge in [-0.25, -0.2) is 4.98 Å². The predicted molar refractivity (Wildman–Crippen MR) is 116 cm³/mol. The molecule has 2 aromatic carbocycles. The molecule has 2 aromatic heterocycles. The van der Waals surface area contributed by atoms with Gasteiger partial charge in [-0.1, -0.05) is 26.0 Å². The summed E-state index contributed by atoms with van der Waals surface area (Å²) < 4.78 is 0. The topological polar surface area (TPSA) is 99.3 Å². The van der Waals surface area contributed by atoms with E-state index in [1.54, 1.807) is 0 Å². The Kier molecular flexibility index (Phi) is 4.58. The zero-order valence-electron chi connectivity index (χ0n) is 17.1. The number of amides is 1. The molecule has 1 saturated carbocycles. The highest BCUT2D eigenvalue weighted by molar-refractivity contribution is 5.99. The number of hydrogen-bond donors (Lipinski definition) is 3. The van der Waals surface area contributed by atoms with Crippen molar-refractivity contribution in [3.8, 4) is 22.6 Å². The standard InChI is InChI=1S/C23H24N6O/c1-13(2)10-20-25-22(29-27-20)15-6-9-19-18(12-15)21(28-26-19)14-4-3-5-16(11-14)23(30)24-17-7-8-17/h3-6,9,11-13,17H,7-8,10H2,1-2H3,(H,24,30)(H,26,28)(H,25,27,29). The van der Waals surface area contributed by atoms with Crippen molar-refractivity contribution in [1.29, 1.82) is 0 Å². The number of hydrogen-bond acceptors (Lipinski definition) is 4. The lowest BCUT2D eigenvalue weighted by molar-refractivity contribution is 0.0951. The summed E-state index contributed by atoms with van der Waals surface area (Å²) in [7, 11) is 0. The highest BCUT2D eigenvalue weighted by Gasteiger charge is 2.24. The molecular formula is C23H24N6O. The van der Waals surface area contributed by atoms with E-state index >= 15 is 0 Å². The molecule has 1 amide bonds. The van der Waals surface area contributed by atoms with Crippen LogP contribution in [0.25, 0.3) is 33.5 Å². The number of rotatable bonds is 6. The summed E-state index contributed by atoms with van der Waals surface area (Å²) in [5.74, 6) is 2.05. The number of H-pyrrole nitrogens is 2. The van der Waals surface area contributed by atoms with E-state index in [9.17, 15) is 4.79 Å². The first-order valence-corrected chi connectivity index (χ1v) is 10.4. The first-order chi connectivity index (χ1) is 14.6. The van der Waals surface area contributed by atoms with Gasteiger partial charge in [-0.05, 0) is 49.1 Å². The number of benzene rings is 2. The molecule has 0 bridgehead atoms. The Labute approximate surface area is 174 Å². The van der Waals surface area contributed by atoms with Crippen molar-refractivity contribution in [2.45, 2.75) is 39.2 Å². The van der Waals surface area contributed by atoms with Crippen LogP contribution in [0.2, 0.25) is 0 Å². The zero-order chi connectivity index (χ0) is 20.7. The van der Waals surface area contributed by atoms with Crippen molar-refractivity contribution in [1.82, 2.24) is 30.7 Å². The largest absolute Gasteiger partial charge is 0.349 e. The SMILES string of the molecule is CC(C)Cc1nc(-c2ccc3[nH]nc(-c4cccc(C(=O)NC5CC5)c4)c3c2)n[nH]1. The second-order valence-corrected chi connectivity index (χ2v) is 8.36. The third kappa shape index (κ3) is 3.70. The fraction of sp³-hybridized carbons (Fsp3) is 0.304. The summed E-state index contributed by atoms with van der Waals surface area (Å²) >= 11 is 0. The van der Waals surface area contributed by atoms with Crippen molar-refractivity contribution in [3.05, 3.63) is 53.9 Å². The van der Waals surface area contributed by atoms with Crippen molar-refractivity contribution in [2.24, 2.45) is 5.92 Å². The van der Waals surface area contributed by atoms with E-state index in [1.165, 1.54) is 0 Å². The van der Waals surface area contributed by atoms with Gasteiger partial charge < -0.3 is 5.32 Å². The van der Waals surface area contributed by atoms with Crippen LogP contribution in [0.4, 0.5) is 0 Å². The molecule has 1 fully saturated rings. The maximum absolute atomic E-state index is 12.4. The number of carbonyl (C=O) groups excluding carboxylic acids is 1. The molecule has 2 heterocycles. The second-order valence-electron chi connectivity index (χ2n) is 8.36. The molecular weight excluding hydrogens is 376 g/mol. The van der Waals surface area contributed by atoms with Crippen LogP contribution in [-0.4, -0.2) is 37.3 Å². The van der Waals surface area contributed by atoms with E-state index in [-0.39, 0.29) is 5.91 Å². The summed E-state index contributed by atoms with van der Waals surface area (Å²) in [6.07, 6.45) is 3.00. The van der Waals surface area contributed by atoms with Crippen molar-refractivity contribution >= 4 is 16.8 Å². The molecule has 3 N–H and O–H groups in total. The Morgan fingerprint density at radius 2 is 1.97 bits per heavy atom. The van der Waals surface area contributed by atoms with Crippen LogP contribution < -0.4 is 5.32 Å². The number of fused-ring (bicyclic) bond motifs is 1. The zero-order valence-corrected chi connectivity index (χ0v) is 17.1. The van der Waals surface area contributed by atoms with Gasteiger partial charge >= 0.3 is 0 Å². The fourth-order valence-corrected chi connectivity index (χ4v) is 3.58. The normalized spacial score (nSPS) is 13.8. The summed E-state index contributed by atoms with van der Waals surface area (Å²) in [6, 6.07) is 14.0.